The van der Waals surface area contributed by atoms with Crippen LogP contribution in [0.3, 0.4) is 0 Å². The Labute approximate surface area is 114 Å². The van der Waals surface area contributed by atoms with Crippen LogP contribution in [0, 0.1) is 6.92 Å². The quantitative estimate of drug-likeness (QED) is 0.830. The smallest absolute Gasteiger partial charge is 0.246 e. The first kappa shape index (κ1) is 13.6. The van der Waals surface area contributed by atoms with Crippen LogP contribution < -0.4 is 4.90 Å². The molecule has 1 saturated heterocycles. The van der Waals surface area contributed by atoms with Crippen LogP contribution in [0.2, 0.25) is 0 Å². The van der Waals surface area contributed by atoms with E-state index in [2.05, 4.69) is 0 Å². The van der Waals surface area contributed by atoms with Gasteiger partial charge in [0, 0.05) is 25.2 Å². The number of rotatable bonds is 4. The molecular formula is C15H20N2O2. The van der Waals surface area contributed by atoms with E-state index in [0.29, 0.717) is 19.5 Å². The van der Waals surface area contributed by atoms with Gasteiger partial charge >= 0.3 is 0 Å². The molecular weight excluding hydrogens is 240 g/mol. The molecule has 0 bridgehead atoms. The van der Waals surface area contributed by atoms with Crippen molar-refractivity contribution in [2.75, 3.05) is 24.5 Å². The number of aryl methyl sites for hydroxylation is 1. The van der Waals surface area contributed by atoms with Crippen molar-refractivity contribution < 1.29 is 9.59 Å². The van der Waals surface area contributed by atoms with E-state index in [0.717, 1.165) is 17.7 Å². The predicted molar refractivity (Wildman–Crippen MR) is 75.0 cm³/mol. The van der Waals surface area contributed by atoms with Crippen LogP contribution >= 0.6 is 0 Å². The molecule has 0 N–H and O–H groups in total. The molecule has 4 heteroatoms. The maximum absolute atomic E-state index is 12.3. The minimum atomic E-state index is -0.0108. The molecule has 0 spiro atoms. The highest BCUT2D eigenvalue weighted by Gasteiger charge is 2.24. The Balaban J connectivity index is 2.09. The summed E-state index contributed by atoms with van der Waals surface area (Å²) in [7, 11) is 0. The van der Waals surface area contributed by atoms with E-state index in [1.54, 1.807) is 9.80 Å². The maximum Gasteiger partial charge on any atom is 0.246 e. The molecule has 1 aliphatic rings. The largest absolute Gasteiger partial charge is 0.333 e. The molecule has 102 valence electrons. The number of hydrogen-bond acceptors (Lipinski definition) is 2. The van der Waals surface area contributed by atoms with Gasteiger partial charge in [-0.1, -0.05) is 12.1 Å². The van der Waals surface area contributed by atoms with Gasteiger partial charge in [-0.15, -0.1) is 0 Å². The zero-order valence-electron chi connectivity index (χ0n) is 11.6. The summed E-state index contributed by atoms with van der Waals surface area (Å²) in [5.74, 6) is 0.0806. The lowest BCUT2D eigenvalue weighted by Gasteiger charge is -2.24. The molecule has 0 atom stereocenters. The zero-order chi connectivity index (χ0) is 13.8. The number of benzene rings is 1. The second-order valence-electron chi connectivity index (χ2n) is 4.90. The summed E-state index contributed by atoms with van der Waals surface area (Å²) in [5.41, 5.74) is 2.03. The highest BCUT2D eigenvalue weighted by molar-refractivity contribution is 5.97. The summed E-state index contributed by atoms with van der Waals surface area (Å²) in [5, 5.41) is 0. The molecule has 0 aromatic heterocycles. The van der Waals surface area contributed by atoms with Gasteiger partial charge in [0.15, 0.2) is 0 Å². The van der Waals surface area contributed by atoms with Gasteiger partial charge in [0.25, 0.3) is 0 Å². The SMILES string of the molecule is CCN(C(=O)CN1CCCC1=O)c1cccc(C)c1. The fraction of sp³-hybridized carbons (Fsp3) is 0.467. The Morgan fingerprint density at radius 2 is 2.21 bits per heavy atom. The van der Waals surface area contributed by atoms with Gasteiger partial charge < -0.3 is 9.80 Å². The van der Waals surface area contributed by atoms with Gasteiger partial charge in [-0.3, -0.25) is 9.59 Å². The third-order valence-electron chi connectivity index (χ3n) is 3.43. The number of likely N-dealkylation sites (tertiary alicyclic amines) is 1. The van der Waals surface area contributed by atoms with Crippen molar-refractivity contribution in [3.63, 3.8) is 0 Å². The lowest BCUT2D eigenvalue weighted by molar-refractivity contribution is -0.132. The summed E-state index contributed by atoms with van der Waals surface area (Å²) < 4.78 is 0. The molecule has 1 heterocycles. The van der Waals surface area contributed by atoms with Crippen molar-refractivity contribution in [3.05, 3.63) is 29.8 Å². The first-order chi connectivity index (χ1) is 9.11. The first-order valence-electron chi connectivity index (χ1n) is 6.76. The molecule has 1 aromatic rings. The van der Waals surface area contributed by atoms with E-state index >= 15 is 0 Å². The van der Waals surface area contributed by atoms with Crippen LogP contribution in [0.1, 0.15) is 25.3 Å². The van der Waals surface area contributed by atoms with Crippen molar-refractivity contribution in [2.45, 2.75) is 26.7 Å². The topological polar surface area (TPSA) is 40.6 Å². The van der Waals surface area contributed by atoms with Crippen LogP contribution in [-0.4, -0.2) is 36.3 Å². The van der Waals surface area contributed by atoms with Crippen LogP contribution in [0.5, 0.6) is 0 Å². The van der Waals surface area contributed by atoms with E-state index in [1.165, 1.54) is 0 Å². The van der Waals surface area contributed by atoms with Crippen LogP contribution in [0.15, 0.2) is 24.3 Å². The molecule has 1 fully saturated rings. The Kier molecular flexibility index (Phi) is 4.20. The van der Waals surface area contributed by atoms with Gasteiger partial charge in [-0.25, -0.2) is 0 Å². The highest BCUT2D eigenvalue weighted by Crippen LogP contribution is 2.17. The minimum Gasteiger partial charge on any atom is -0.333 e. The molecule has 0 aliphatic carbocycles. The monoisotopic (exact) mass is 260 g/mol. The maximum atomic E-state index is 12.3. The molecule has 19 heavy (non-hydrogen) atoms. The standard InChI is InChI=1S/C15H20N2O2/c1-3-17(13-7-4-6-12(2)10-13)15(19)11-16-9-5-8-14(16)18/h4,6-7,10H,3,5,8-9,11H2,1-2H3. The van der Waals surface area contributed by atoms with Crippen LogP contribution in [0.25, 0.3) is 0 Å². The second kappa shape index (κ2) is 5.87. The number of amides is 2. The Bertz CT molecular complexity index is 485. The molecule has 0 unspecified atom stereocenters. The molecule has 2 amide bonds. The molecule has 1 aromatic carbocycles. The van der Waals surface area contributed by atoms with Gasteiger partial charge in [-0.05, 0) is 38.0 Å². The van der Waals surface area contributed by atoms with Crippen molar-refractivity contribution in [1.29, 1.82) is 0 Å². The van der Waals surface area contributed by atoms with Gasteiger partial charge in [0.05, 0.1) is 0 Å². The normalized spacial score (nSPS) is 14.8. The Morgan fingerprint density at radius 3 is 2.79 bits per heavy atom. The third kappa shape index (κ3) is 3.13. The summed E-state index contributed by atoms with van der Waals surface area (Å²) in [6.07, 6.45) is 1.44. The van der Waals surface area contributed by atoms with Crippen molar-refractivity contribution in [3.8, 4) is 0 Å². The predicted octanol–water partition coefficient (Wildman–Crippen LogP) is 1.97. The molecule has 4 nitrogen and oxygen atoms in total. The van der Waals surface area contributed by atoms with Crippen molar-refractivity contribution in [1.82, 2.24) is 4.90 Å². The van der Waals surface area contributed by atoms with Gasteiger partial charge in [-0.2, -0.15) is 0 Å². The number of anilines is 1. The van der Waals surface area contributed by atoms with Gasteiger partial charge in [0.2, 0.25) is 11.8 Å². The van der Waals surface area contributed by atoms with Crippen molar-refractivity contribution >= 4 is 17.5 Å². The van der Waals surface area contributed by atoms with E-state index in [1.807, 2.05) is 38.1 Å². The number of likely N-dealkylation sites (N-methyl/N-ethyl adjacent to an activating group) is 1. The summed E-state index contributed by atoms with van der Waals surface area (Å²) in [6, 6.07) is 7.88. The first-order valence-corrected chi connectivity index (χ1v) is 6.76. The van der Waals surface area contributed by atoms with E-state index < -0.39 is 0 Å². The fourth-order valence-corrected chi connectivity index (χ4v) is 2.42. The number of carbonyl (C=O) groups is 2. The number of carbonyl (C=O) groups excluding carboxylic acids is 2. The summed E-state index contributed by atoms with van der Waals surface area (Å²) in [4.78, 5) is 27.3. The highest BCUT2D eigenvalue weighted by atomic mass is 16.2. The van der Waals surface area contributed by atoms with Crippen LogP contribution in [-0.2, 0) is 9.59 Å². The fourth-order valence-electron chi connectivity index (χ4n) is 2.42. The molecule has 0 saturated carbocycles. The second-order valence-corrected chi connectivity index (χ2v) is 4.90. The molecule has 1 aliphatic heterocycles. The lowest BCUT2D eigenvalue weighted by Crippen LogP contribution is -2.40. The average Bonchev–Trinajstić information content (AvgIpc) is 2.76. The van der Waals surface area contributed by atoms with Crippen molar-refractivity contribution in [2.24, 2.45) is 0 Å². The third-order valence-corrected chi connectivity index (χ3v) is 3.43. The number of hydrogen-bond donors (Lipinski definition) is 0. The summed E-state index contributed by atoms with van der Waals surface area (Å²) in [6.45, 7) is 5.47. The Morgan fingerprint density at radius 1 is 1.42 bits per heavy atom. The Hall–Kier alpha value is -1.84. The molecule has 0 radical (unpaired) electrons. The minimum absolute atomic E-state index is 0.0108. The van der Waals surface area contributed by atoms with E-state index in [-0.39, 0.29) is 18.4 Å². The summed E-state index contributed by atoms with van der Waals surface area (Å²) >= 11 is 0. The van der Waals surface area contributed by atoms with Gasteiger partial charge in [0.1, 0.15) is 6.54 Å². The van der Waals surface area contributed by atoms with E-state index in [4.69, 9.17) is 0 Å². The zero-order valence-corrected chi connectivity index (χ0v) is 11.6. The van der Waals surface area contributed by atoms with E-state index in [9.17, 15) is 9.59 Å². The van der Waals surface area contributed by atoms with Crippen LogP contribution in [0.4, 0.5) is 5.69 Å². The molecule has 2 rings (SSSR count). The average molecular weight is 260 g/mol. The lowest BCUT2D eigenvalue weighted by atomic mass is 10.2. The number of nitrogens with zero attached hydrogens (tertiary/aromatic N) is 2.